The maximum atomic E-state index is 12.5. The fourth-order valence-electron chi connectivity index (χ4n) is 3.35. The number of amides is 1. The Hall–Kier alpha value is -1.21. The Bertz CT molecular complexity index is 700. The van der Waals surface area contributed by atoms with Crippen molar-refractivity contribution in [1.29, 1.82) is 0 Å². The molecular formula is C19H30N2O3S2. The molecule has 7 heteroatoms. The third-order valence-corrected chi connectivity index (χ3v) is 7.28. The number of nitrogens with zero attached hydrogens (tertiary/aromatic N) is 1. The Labute approximate surface area is 162 Å². The van der Waals surface area contributed by atoms with Gasteiger partial charge in [0.2, 0.25) is 15.9 Å². The van der Waals surface area contributed by atoms with E-state index in [1.54, 1.807) is 25.1 Å². The number of thioether (sulfide) groups is 1. The number of carbonyl (C=O) groups excluding carboxylic acids is 1. The lowest BCUT2D eigenvalue weighted by Gasteiger charge is -2.28. The van der Waals surface area contributed by atoms with Crippen LogP contribution in [0.2, 0.25) is 0 Å². The van der Waals surface area contributed by atoms with E-state index in [0.717, 1.165) is 17.6 Å². The van der Waals surface area contributed by atoms with Crippen molar-refractivity contribution in [3.8, 4) is 0 Å². The zero-order valence-corrected chi connectivity index (χ0v) is 17.5. The fourth-order valence-corrected chi connectivity index (χ4v) is 5.74. The molecule has 1 aromatic carbocycles. The van der Waals surface area contributed by atoms with Crippen molar-refractivity contribution >= 4 is 33.4 Å². The molecule has 5 nitrogen and oxygen atoms in total. The number of hydrogen-bond acceptors (Lipinski definition) is 4. The van der Waals surface area contributed by atoms with Gasteiger partial charge in [-0.3, -0.25) is 9.10 Å². The summed E-state index contributed by atoms with van der Waals surface area (Å²) in [7, 11) is -3.56. The number of benzene rings is 1. The summed E-state index contributed by atoms with van der Waals surface area (Å²) >= 11 is 1.92. The topological polar surface area (TPSA) is 66.5 Å². The van der Waals surface area contributed by atoms with Gasteiger partial charge in [-0.15, -0.1) is 0 Å². The normalized spacial score (nSPS) is 16.9. The van der Waals surface area contributed by atoms with Crippen molar-refractivity contribution in [2.45, 2.75) is 57.2 Å². The van der Waals surface area contributed by atoms with Gasteiger partial charge in [-0.2, -0.15) is 11.8 Å². The second-order valence-electron chi connectivity index (χ2n) is 7.00. The summed E-state index contributed by atoms with van der Waals surface area (Å²) in [6, 6.07) is 6.41. The zero-order chi connectivity index (χ0) is 19.2. The molecule has 1 N–H and O–H groups in total. The van der Waals surface area contributed by atoms with E-state index < -0.39 is 16.1 Å². The monoisotopic (exact) mass is 398 g/mol. The van der Waals surface area contributed by atoms with Crippen LogP contribution in [0.1, 0.15) is 44.6 Å². The quantitative estimate of drug-likeness (QED) is 0.682. The number of sulfonamides is 1. The molecule has 0 unspecified atom stereocenters. The van der Waals surface area contributed by atoms with Gasteiger partial charge in [0, 0.05) is 17.5 Å². The molecule has 1 fully saturated rings. The van der Waals surface area contributed by atoms with Crippen molar-refractivity contribution in [3.63, 3.8) is 0 Å². The van der Waals surface area contributed by atoms with Crippen LogP contribution in [0, 0.1) is 6.92 Å². The van der Waals surface area contributed by atoms with Crippen LogP contribution < -0.4 is 9.62 Å². The highest BCUT2D eigenvalue weighted by atomic mass is 32.2. The molecule has 0 aromatic heterocycles. The summed E-state index contributed by atoms with van der Waals surface area (Å²) in [5.41, 5.74) is 1.47. The predicted molar refractivity (Wildman–Crippen MR) is 110 cm³/mol. The lowest BCUT2D eigenvalue weighted by Crippen LogP contribution is -2.48. The first kappa shape index (κ1) is 21.1. The summed E-state index contributed by atoms with van der Waals surface area (Å²) in [6.07, 6.45) is 7.62. The highest BCUT2D eigenvalue weighted by Crippen LogP contribution is 2.27. The lowest BCUT2D eigenvalue weighted by atomic mass is 10.0. The molecule has 1 aliphatic rings. The molecule has 1 aliphatic carbocycles. The standard InChI is InChI=1S/C19H30N2O3S2/c1-15-8-7-9-17(14-15)21(26(3,23)24)16(2)19(22)20-12-13-25-18-10-5-4-6-11-18/h7-9,14,16,18H,4-6,10-13H2,1-3H3,(H,20,22)/t16-/m1/s1. The highest BCUT2D eigenvalue weighted by molar-refractivity contribution is 7.99. The van der Waals surface area contributed by atoms with Crippen molar-refractivity contribution in [3.05, 3.63) is 29.8 Å². The minimum absolute atomic E-state index is 0.263. The fraction of sp³-hybridized carbons (Fsp3) is 0.632. The molecule has 0 bridgehead atoms. The molecule has 26 heavy (non-hydrogen) atoms. The van der Waals surface area contributed by atoms with Gasteiger partial charge in [-0.1, -0.05) is 31.4 Å². The van der Waals surface area contributed by atoms with Crippen LogP contribution in [0.15, 0.2) is 24.3 Å². The van der Waals surface area contributed by atoms with E-state index in [1.165, 1.54) is 36.4 Å². The van der Waals surface area contributed by atoms with E-state index in [0.29, 0.717) is 17.5 Å². The van der Waals surface area contributed by atoms with Crippen molar-refractivity contribution in [2.75, 3.05) is 22.9 Å². The first-order chi connectivity index (χ1) is 12.3. The number of carbonyl (C=O) groups is 1. The molecule has 0 aliphatic heterocycles. The third kappa shape index (κ3) is 6.20. The largest absolute Gasteiger partial charge is 0.353 e. The molecule has 0 saturated heterocycles. The number of anilines is 1. The van der Waals surface area contributed by atoms with E-state index in [1.807, 2.05) is 24.8 Å². The van der Waals surface area contributed by atoms with Gasteiger partial charge in [-0.05, 0) is 44.4 Å². The Kier molecular flexibility index (Phi) is 7.83. The lowest BCUT2D eigenvalue weighted by molar-refractivity contribution is -0.121. The Morgan fingerprint density at radius 2 is 2.00 bits per heavy atom. The van der Waals surface area contributed by atoms with Crippen LogP contribution in [0.4, 0.5) is 5.69 Å². The van der Waals surface area contributed by atoms with Crippen molar-refractivity contribution in [1.82, 2.24) is 5.32 Å². The molecule has 2 rings (SSSR count). The van der Waals surface area contributed by atoms with Gasteiger partial charge in [0.15, 0.2) is 0 Å². The second kappa shape index (κ2) is 9.65. The van der Waals surface area contributed by atoms with Gasteiger partial charge in [0.1, 0.15) is 6.04 Å². The minimum Gasteiger partial charge on any atom is -0.353 e. The number of nitrogens with one attached hydrogen (secondary N) is 1. The number of hydrogen-bond donors (Lipinski definition) is 1. The first-order valence-electron chi connectivity index (χ1n) is 9.24. The van der Waals surface area contributed by atoms with Gasteiger partial charge in [0.25, 0.3) is 0 Å². The summed E-state index contributed by atoms with van der Waals surface area (Å²) in [6.45, 7) is 4.10. The molecule has 0 heterocycles. The summed E-state index contributed by atoms with van der Waals surface area (Å²) < 4.78 is 25.7. The van der Waals surface area contributed by atoms with Crippen LogP contribution in [0.3, 0.4) is 0 Å². The maximum absolute atomic E-state index is 12.5. The van der Waals surface area contributed by atoms with Crippen LogP contribution >= 0.6 is 11.8 Å². The molecule has 146 valence electrons. The number of rotatable bonds is 8. The van der Waals surface area contributed by atoms with Crippen molar-refractivity contribution < 1.29 is 13.2 Å². The molecule has 1 amide bonds. The average molecular weight is 399 g/mol. The maximum Gasteiger partial charge on any atom is 0.243 e. The molecule has 0 radical (unpaired) electrons. The van der Waals surface area contributed by atoms with Crippen LogP contribution in [0.25, 0.3) is 0 Å². The first-order valence-corrected chi connectivity index (χ1v) is 12.1. The predicted octanol–water partition coefficient (Wildman–Crippen LogP) is 3.33. The molecule has 1 atom stereocenters. The number of aryl methyl sites for hydroxylation is 1. The summed E-state index contributed by atoms with van der Waals surface area (Å²) in [5, 5.41) is 3.60. The molecule has 1 aromatic rings. The van der Waals surface area contributed by atoms with Gasteiger partial charge >= 0.3 is 0 Å². The Morgan fingerprint density at radius 1 is 1.31 bits per heavy atom. The minimum atomic E-state index is -3.56. The van der Waals surface area contributed by atoms with Crippen LogP contribution in [-0.2, 0) is 14.8 Å². The zero-order valence-electron chi connectivity index (χ0n) is 15.9. The Morgan fingerprint density at radius 3 is 2.62 bits per heavy atom. The third-order valence-electron chi connectivity index (χ3n) is 4.65. The highest BCUT2D eigenvalue weighted by Gasteiger charge is 2.29. The van der Waals surface area contributed by atoms with E-state index in [9.17, 15) is 13.2 Å². The molecular weight excluding hydrogens is 368 g/mol. The molecule has 1 saturated carbocycles. The van der Waals surface area contributed by atoms with Crippen LogP contribution in [-0.4, -0.2) is 44.2 Å². The van der Waals surface area contributed by atoms with Crippen LogP contribution in [0.5, 0.6) is 0 Å². The van der Waals surface area contributed by atoms with Crippen molar-refractivity contribution in [2.24, 2.45) is 0 Å². The molecule has 0 spiro atoms. The van der Waals surface area contributed by atoms with Gasteiger partial charge in [0.05, 0.1) is 11.9 Å². The SMILES string of the molecule is Cc1cccc(N([C@H](C)C(=O)NCCSC2CCCCC2)S(C)(=O)=O)c1. The van der Waals surface area contributed by atoms with E-state index >= 15 is 0 Å². The van der Waals surface area contributed by atoms with E-state index in [4.69, 9.17) is 0 Å². The average Bonchev–Trinajstić information content (AvgIpc) is 2.58. The second-order valence-corrected chi connectivity index (χ2v) is 10.3. The summed E-state index contributed by atoms with van der Waals surface area (Å²) in [5.74, 6) is 0.605. The summed E-state index contributed by atoms with van der Waals surface area (Å²) in [4.78, 5) is 12.5. The van der Waals surface area contributed by atoms with E-state index in [-0.39, 0.29) is 5.91 Å². The Balaban J connectivity index is 1.92. The van der Waals surface area contributed by atoms with Gasteiger partial charge in [-0.25, -0.2) is 8.42 Å². The van der Waals surface area contributed by atoms with Gasteiger partial charge < -0.3 is 5.32 Å². The van der Waals surface area contributed by atoms with E-state index in [2.05, 4.69) is 5.32 Å². The smallest absolute Gasteiger partial charge is 0.243 e.